The van der Waals surface area contributed by atoms with Crippen molar-refractivity contribution in [2.75, 3.05) is 13.2 Å². The maximum atomic E-state index is 10.8. The van der Waals surface area contributed by atoms with E-state index in [1.54, 1.807) is 0 Å². The van der Waals surface area contributed by atoms with Gasteiger partial charge in [-0.2, -0.15) is 5.26 Å². The summed E-state index contributed by atoms with van der Waals surface area (Å²) in [6.45, 7) is 1.05. The molecule has 1 fully saturated rings. The van der Waals surface area contributed by atoms with Gasteiger partial charge in [-0.3, -0.25) is 10.1 Å². The number of hydrogen-bond donors (Lipinski definition) is 1. The minimum absolute atomic E-state index is 0.166. The number of rotatable bonds is 6. The summed E-state index contributed by atoms with van der Waals surface area (Å²) in [6.07, 6.45) is 2.38. The lowest BCUT2D eigenvalue weighted by Gasteiger charge is -2.07. The third-order valence-electron chi connectivity index (χ3n) is 2.65. The Hall–Kier alpha value is -2.13. The molecule has 0 atom stereocenters. The average molecular weight is 247 g/mol. The zero-order valence-electron chi connectivity index (χ0n) is 9.76. The van der Waals surface area contributed by atoms with E-state index in [9.17, 15) is 10.1 Å². The van der Waals surface area contributed by atoms with Gasteiger partial charge in [-0.15, -0.1) is 0 Å². The van der Waals surface area contributed by atoms with Crippen LogP contribution in [0.15, 0.2) is 18.2 Å². The van der Waals surface area contributed by atoms with E-state index in [1.807, 2.05) is 6.07 Å². The molecule has 1 aliphatic rings. The molecule has 0 amide bonds. The van der Waals surface area contributed by atoms with Gasteiger partial charge in [0.15, 0.2) is 5.75 Å². The van der Waals surface area contributed by atoms with Crippen LogP contribution in [0.5, 0.6) is 5.75 Å². The molecule has 0 aliphatic heterocycles. The predicted molar refractivity (Wildman–Crippen MR) is 64.3 cm³/mol. The Bertz CT molecular complexity index is 492. The first-order valence-corrected chi connectivity index (χ1v) is 5.75. The fraction of sp³-hybridized carbons (Fsp3) is 0.417. The first-order chi connectivity index (χ1) is 8.70. The van der Waals surface area contributed by atoms with Gasteiger partial charge in [-0.25, -0.2) is 0 Å². The van der Waals surface area contributed by atoms with Crippen LogP contribution in [0, 0.1) is 21.4 Å². The summed E-state index contributed by atoms with van der Waals surface area (Å²) in [4.78, 5) is 10.3. The van der Waals surface area contributed by atoms with E-state index in [-0.39, 0.29) is 17.0 Å². The molecule has 18 heavy (non-hydrogen) atoms. The lowest BCUT2D eigenvalue weighted by atomic mass is 10.2. The van der Waals surface area contributed by atoms with E-state index >= 15 is 0 Å². The minimum Gasteiger partial charge on any atom is -0.485 e. The lowest BCUT2D eigenvalue weighted by Crippen LogP contribution is -2.23. The Morgan fingerprint density at radius 2 is 2.33 bits per heavy atom. The highest BCUT2D eigenvalue weighted by Gasteiger charge is 2.20. The molecular weight excluding hydrogens is 234 g/mol. The van der Waals surface area contributed by atoms with Crippen molar-refractivity contribution in [3.05, 3.63) is 33.9 Å². The Morgan fingerprint density at radius 3 is 2.94 bits per heavy atom. The topological polar surface area (TPSA) is 88.2 Å². The number of benzene rings is 1. The smallest absolute Gasteiger partial charge is 0.312 e. The minimum atomic E-state index is -0.537. The van der Waals surface area contributed by atoms with Crippen LogP contribution in [-0.4, -0.2) is 24.1 Å². The van der Waals surface area contributed by atoms with Crippen LogP contribution >= 0.6 is 0 Å². The van der Waals surface area contributed by atoms with Gasteiger partial charge in [0.1, 0.15) is 6.61 Å². The van der Waals surface area contributed by atoms with Crippen molar-refractivity contribution in [1.82, 2.24) is 5.32 Å². The molecule has 94 valence electrons. The van der Waals surface area contributed by atoms with Crippen LogP contribution in [0.1, 0.15) is 18.4 Å². The van der Waals surface area contributed by atoms with Crippen LogP contribution in [0.2, 0.25) is 0 Å². The molecule has 1 saturated carbocycles. The molecule has 0 unspecified atom stereocenters. The van der Waals surface area contributed by atoms with Gasteiger partial charge in [0.05, 0.1) is 16.6 Å². The molecule has 1 aromatic carbocycles. The molecule has 1 N–H and O–H groups in total. The number of nitrogens with zero attached hydrogens (tertiary/aromatic N) is 2. The van der Waals surface area contributed by atoms with Crippen molar-refractivity contribution in [3.63, 3.8) is 0 Å². The fourth-order valence-electron chi connectivity index (χ4n) is 1.56. The van der Waals surface area contributed by atoms with E-state index in [0.717, 1.165) is 0 Å². The second-order valence-corrected chi connectivity index (χ2v) is 4.13. The van der Waals surface area contributed by atoms with Gasteiger partial charge < -0.3 is 10.1 Å². The van der Waals surface area contributed by atoms with Gasteiger partial charge >= 0.3 is 5.69 Å². The SMILES string of the molecule is N#Cc1ccc(OCCNC2CC2)c([N+](=O)[O-])c1. The summed E-state index contributed by atoms with van der Waals surface area (Å²) < 4.78 is 5.36. The molecule has 0 bridgehead atoms. The van der Waals surface area contributed by atoms with E-state index in [4.69, 9.17) is 10.00 Å². The predicted octanol–water partition coefficient (Wildman–Crippen LogP) is 1.60. The molecule has 0 radical (unpaired) electrons. The highest BCUT2D eigenvalue weighted by Crippen LogP contribution is 2.27. The molecule has 1 aliphatic carbocycles. The molecule has 0 heterocycles. The maximum absolute atomic E-state index is 10.8. The number of nitriles is 1. The summed E-state index contributed by atoms with van der Waals surface area (Å²) >= 11 is 0. The van der Waals surface area contributed by atoms with E-state index in [0.29, 0.717) is 19.2 Å². The highest BCUT2D eigenvalue weighted by molar-refractivity contribution is 5.51. The second-order valence-electron chi connectivity index (χ2n) is 4.13. The molecule has 0 saturated heterocycles. The third kappa shape index (κ3) is 3.18. The standard InChI is InChI=1S/C12H13N3O3/c13-8-9-1-4-12(11(7-9)15(16)17)18-6-5-14-10-2-3-10/h1,4,7,10,14H,2-3,5-6H2. The van der Waals surface area contributed by atoms with Crippen molar-refractivity contribution in [3.8, 4) is 11.8 Å². The number of hydrogen-bond acceptors (Lipinski definition) is 5. The fourth-order valence-corrected chi connectivity index (χ4v) is 1.56. The largest absolute Gasteiger partial charge is 0.485 e. The number of nitrogens with one attached hydrogen (secondary N) is 1. The molecular formula is C12H13N3O3. The van der Waals surface area contributed by atoms with Crippen LogP contribution < -0.4 is 10.1 Å². The number of nitro groups is 1. The van der Waals surface area contributed by atoms with E-state index in [2.05, 4.69) is 5.32 Å². The summed E-state index contributed by atoms with van der Waals surface area (Å²) in [7, 11) is 0. The first kappa shape index (κ1) is 12.3. The van der Waals surface area contributed by atoms with Crippen molar-refractivity contribution >= 4 is 5.69 Å². The van der Waals surface area contributed by atoms with Gasteiger partial charge in [0.25, 0.3) is 0 Å². The Balaban J connectivity index is 1.97. The van der Waals surface area contributed by atoms with Crippen LogP contribution in [0.3, 0.4) is 0 Å². The summed E-state index contributed by atoms with van der Waals surface area (Å²) in [5.41, 5.74) is 0.0885. The average Bonchev–Trinajstić information content (AvgIpc) is 3.18. The molecule has 2 rings (SSSR count). The summed E-state index contributed by atoms with van der Waals surface area (Å²) in [5.74, 6) is 0.205. The van der Waals surface area contributed by atoms with Crippen molar-refractivity contribution in [2.24, 2.45) is 0 Å². The zero-order chi connectivity index (χ0) is 13.0. The van der Waals surface area contributed by atoms with Crippen LogP contribution in [0.25, 0.3) is 0 Å². The van der Waals surface area contributed by atoms with Crippen LogP contribution in [-0.2, 0) is 0 Å². The lowest BCUT2D eigenvalue weighted by molar-refractivity contribution is -0.385. The number of nitro benzene ring substituents is 1. The van der Waals surface area contributed by atoms with E-state index < -0.39 is 4.92 Å². The number of ether oxygens (including phenoxy) is 1. The van der Waals surface area contributed by atoms with Gasteiger partial charge in [0.2, 0.25) is 0 Å². The Morgan fingerprint density at radius 1 is 1.56 bits per heavy atom. The monoisotopic (exact) mass is 247 g/mol. The second kappa shape index (κ2) is 5.47. The summed E-state index contributed by atoms with van der Waals surface area (Å²) in [5, 5.41) is 22.8. The molecule has 6 nitrogen and oxygen atoms in total. The molecule has 1 aromatic rings. The normalized spacial score (nSPS) is 13.9. The molecule has 0 aromatic heterocycles. The quantitative estimate of drug-likeness (QED) is 0.468. The maximum Gasteiger partial charge on any atom is 0.312 e. The summed E-state index contributed by atoms with van der Waals surface area (Å²) in [6, 6.07) is 6.66. The Labute approximate surface area is 104 Å². The van der Waals surface area contributed by atoms with Gasteiger partial charge in [0, 0.05) is 18.7 Å². The third-order valence-corrected chi connectivity index (χ3v) is 2.65. The van der Waals surface area contributed by atoms with Crippen molar-refractivity contribution < 1.29 is 9.66 Å². The van der Waals surface area contributed by atoms with Crippen molar-refractivity contribution in [1.29, 1.82) is 5.26 Å². The van der Waals surface area contributed by atoms with Crippen molar-refractivity contribution in [2.45, 2.75) is 18.9 Å². The van der Waals surface area contributed by atoms with Gasteiger partial charge in [-0.1, -0.05) is 0 Å². The van der Waals surface area contributed by atoms with Gasteiger partial charge in [-0.05, 0) is 25.0 Å². The van der Waals surface area contributed by atoms with Crippen LogP contribution in [0.4, 0.5) is 5.69 Å². The van der Waals surface area contributed by atoms with E-state index in [1.165, 1.54) is 31.0 Å². The highest BCUT2D eigenvalue weighted by atomic mass is 16.6. The zero-order valence-corrected chi connectivity index (χ0v) is 9.76. The Kier molecular flexibility index (Phi) is 3.75. The molecule has 0 spiro atoms. The molecule has 6 heteroatoms. The first-order valence-electron chi connectivity index (χ1n) is 5.75.